The van der Waals surface area contributed by atoms with Crippen LogP contribution in [0.4, 0.5) is 5.69 Å². The number of carboxylic acid groups (broad SMARTS) is 1. The largest absolute Gasteiger partial charge is 0.481 e. The Bertz CT molecular complexity index is 751. The minimum atomic E-state index is -0.841. The monoisotopic (exact) mass is 309 g/mol. The van der Waals surface area contributed by atoms with Crippen molar-refractivity contribution in [3.05, 3.63) is 65.2 Å². The van der Waals surface area contributed by atoms with Crippen molar-refractivity contribution in [2.45, 2.75) is 32.2 Å². The molecule has 0 spiro atoms. The third-order valence-electron chi connectivity index (χ3n) is 4.40. The number of para-hydroxylation sites is 1. The molecule has 0 bridgehead atoms. The van der Waals surface area contributed by atoms with Crippen molar-refractivity contribution in [2.75, 3.05) is 4.90 Å². The molecule has 0 aromatic heterocycles. The van der Waals surface area contributed by atoms with Crippen LogP contribution in [0, 0.1) is 6.92 Å². The number of rotatable bonds is 2. The van der Waals surface area contributed by atoms with Crippen LogP contribution >= 0.6 is 0 Å². The molecule has 23 heavy (non-hydrogen) atoms. The first-order chi connectivity index (χ1) is 11.0. The smallest absolute Gasteiger partial charge is 0.311 e. The van der Waals surface area contributed by atoms with E-state index < -0.39 is 11.9 Å². The molecule has 1 aliphatic rings. The molecule has 0 aliphatic carbocycles. The van der Waals surface area contributed by atoms with E-state index in [-0.39, 0.29) is 11.9 Å². The molecule has 1 N–H and O–H groups in total. The fraction of sp³-hybridized carbons (Fsp3) is 0.263. The molecule has 2 aromatic carbocycles. The van der Waals surface area contributed by atoms with E-state index >= 15 is 0 Å². The van der Waals surface area contributed by atoms with Crippen LogP contribution in [-0.4, -0.2) is 23.0 Å². The Labute approximate surface area is 135 Å². The van der Waals surface area contributed by atoms with Crippen LogP contribution in [-0.2, 0) is 4.79 Å². The zero-order chi connectivity index (χ0) is 16.6. The van der Waals surface area contributed by atoms with E-state index in [1.165, 1.54) is 0 Å². The topological polar surface area (TPSA) is 57.6 Å². The number of anilines is 1. The lowest BCUT2D eigenvalue weighted by Crippen LogP contribution is -2.44. The van der Waals surface area contributed by atoms with E-state index in [0.717, 1.165) is 5.56 Å². The Morgan fingerprint density at radius 1 is 1.09 bits per heavy atom. The van der Waals surface area contributed by atoms with Crippen LogP contribution in [0.25, 0.3) is 0 Å². The fourth-order valence-electron chi connectivity index (χ4n) is 3.19. The molecule has 0 saturated heterocycles. The van der Waals surface area contributed by atoms with Crippen molar-refractivity contribution >= 4 is 17.6 Å². The third kappa shape index (κ3) is 2.72. The maximum absolute atomic E-state index is 12.9. The lowest BCUT2D eigenvalue weighted by atomic mass is 9.85. The Balaban J connectivity index is 2.05. The highest BCUT2D eigenvalue weighted by atomic mass is 16.4. The van der Waals surface area contributed by atoms with Gasteiger partial charge in [0, 0.05) is 17.3 Å². The summed E-state index contributed by atoms with van der Waals surface area (Å²) < 4.78 is 0. The Hall–Kier alpha value is -2.62. The van der Waals surface area contributed by atoms with Crippen molar-refractivity contribution < 1.29 is 14.7 Å². The zero-order valence-electron chi connectivity index (χ0n) is 13.2. The van der Waals surface area contributed by atoms with Gasteiger partial charge in [0.05, 0.1) is 5.92 Å². The van der Waals surface area contributed by atoms with Gasteiger partial charge >= 0.3 is 5.97 Å². The van der Waals surface area contributed by atoms with Gasteiger partial charge in [-0.25, -0.2) is 0 Å². The molecule has 118 valence electrons. The molecule has 1 aliphatic heterocycles. The Kier molecular flexibility index (Phi) is 3.90. The summed E-state index contributed by atoms with van der Waals surface area (Å²) in [7, 11) is 0. The molecule has 2 unspecified atom stereocenters. The van der Waals surface area contributed by atoms with Gasteiger partial charge in [0.2, 0.25) is 0 Å². The van der Waals surface area contributed by atoms with Crippen LogP contribution < -0.4 is 4.90 Å². The minimum Gasteiger partial charge on any atom is -0.481 e. The first-order valence-corrected chi connectivity index (χ1v) is 7.71. The summed E-state index contributed by atoms with van der Waals surface area (Å²) in [6.07, 6.45) is 0.421. The molecule has 0 saturated carbocycles. The van der Waals surface area contributed by atoms with Gasteiger partial charge in [-0.1, -0.05) is 35.9 Å². The van der Waals surface area contributed by atoms with E-state index in [2.05, 4.69) is 0 Å². The van der Waals surface area contributed by atoms with Crippen LogP contribution in [0.1, 0.15) is 40.7 Å². The number of fused-ring (bicyclic) bond motifs is 1. The van der Waals surface area contributed by atoms with Gasteiger partial charge in [-0.15, -0.1) is 0 Å². The number of aryl methyl sites for hydroxylation is 1. The van der Waals surface area contributed by atoms with Crippen molar-refractivity contribution in [1.82, 2.24) is 0 Å². The van der Waals surface area contributed by atoms with Crippen LogP contribution in [0.2, 0.25) is 0 Å². The number of benzene rings is 2. The van der Waals surface area contributed by atoms with Gasteiger partial charge in [0.25, 0.3) is 5.91 Å². The summed E-state index contributed by atoms with van der Waals surface area (Å²) in [6, 6.07) is 14.6. The summed E-state index contributed by atoms with van der Waals surface area (Å²) in [4.78, 5) is 26.2. The van der Waals surface area contributed by atoms with E-state index in [1.54, 1.807) is 11.0 Å². The molecular formula is C19H19NO3. The standard InChI is InChI=1S/C19H19NO3/c1-12-7-9-14(10-8-12)18(21)20-13(2)11-16(19(22)23)15-5-3-4-6-17(15)20/h3-10,13,16H,11H2,1-2H3,(H,22,23). The van der Waals surface area contributed by atoms with E-state index in [4.69, 9.17) is 0 Å². The number of carbonyl (C=O) groups is 2. The van der Waals surface area contributed by atoms with Crippen molar-refractivity contribution in [3.63, 3.8) is 0 Å². The highest BCUT2D eigenvalue weighted by Crippen LogP contribution is 2.39. The lowest BCUT2D eigenvalue weighted by molar-refractivity contribution is -0.139. The molecule has 4 nitrogen and oxygen atoms in total. The van der Waals surface area contributed by atoms with Crippen LogP contribution in [0.3, 0.4) is 0 Å². The maximum Gasteiger partial charge on any atom is 0.311 e. The van der Waals surface area contributed by atoms with Gasteiger partial charge in [0.1, 0.15) is 0 Å². The van der Waals surface area contributed by atoms with E-state index in [1.807, 2.05) is 56.3 Å². The third-order valence-corrected chi connectivity index (χ3v) is 4.40. The summed E-state index contributed by atoms with van der Waals surface area (Å²) >= 11 is 0. The number of hydrogen-bond acceptors (Lipinski definition) is 2. The SMILES string of the molecule is Cc1ccc(C(=O)N2c3ccccc3C(C(=O)O)CC2C)cc1. The van der Waals surface area contributed by atoms with Gasteiger partial charge in [0.15, 0.2) is 0 Å². The molecule has 1 heterocycles. The second-order valence-corrected chi connectivity index (χ2v) is 6.08. The first kappa shape index (κ1) is 15.3. The number of aliphatic carboxylic acids is 1. The van der Waals surface area contributed by atoms with Gasteiger partial charge < -0.3 is 10.0 Å². The molecular weight excluding hydrogens is 290 g/mol. The lowest BCUT2D eigenvalue weighted by Gasteiger charge is -2.38. The predicted octanol–water partition coefficient (Wildman–Crippen LogP) is 3.60. The fourth-order valence-corrected chi connectivity index (χ4v) is 3.19. The molecule has 1 amide bonds. The average molecular weight is 309 g/mol. The normalized spacial score (nSPS) is 20.0. The van der Waals surface area contributed by atoms with Gasteiger partial charge in [-0.2, -0.15) is 0 Å². The molecule has 4 heteroatoms. The van der Waals surface area contributed by atoms with Crippen LogP contribution in [0.5, 0.6) is 0 Å². The predicted molar refractivity (Wildman–Crippen MR) is 88.9 cm³/mol. The Morgan fingerprint density at radius 2 is 1.74 bits per heavy atom. The van der Waals surface area contributed by atoms with Gasteiger partial charge in [-0.05, 0) is 44.0 Å². The van der Waals surface area contributed by atoms with Crippen molar-refractivity contribution in [2.24, 2.45) is 0 Å². The summed E-state index contributed by atoms with van der Waals surface area (Å²) in [5.74, 6) is -1.50. The molecule has 2 aromatic rings. The molecule has 2 atom stereocenters. The highest BCUT2D eigenvalue weighted by molar-refractivity contribution is 6.07. The van der Waals surface area contributed by atoms with Gasteiger partial charge in [-0.3, -0.25) is 9.59 Å². The van der Waals surface area contributed by atoms with E-state index in [9.17, 15) is 14.7 Å². The second kappa shape index (κ2) is 5.88. The number of nitrogens with zero attached hydrogens (tertiary/aromatic N) is 1. The first-order valence-electron chi connectivity index (χ1n) is 7.71. The Morgan fingerprint density at radius 3 is 2.39 bits per heavy atom. The average Bonchev–Trinajstić information content (AvgIpc) is 2.54. The molecule has 3 rings (SSSR count). The van der Waals surface area contributed by atoms with E-state index in [0.29, 0.717) is 23.2 Å². The number of amides is 1. The minimum absolute atomic E-state index is 0.0891. The second-order valence-electron chi connectivity index (χ2n) is 6.08. The highest BCUT2D eigenvalue weighted by Gasteiger charge is 2.37. The summed E-state index contributed by atoms with van der Waals surface area (Å²) in [6.45, 7) is 3.88. The number of carbonyl (C=O) groups excluding carboxylic acids is 1. The quantitative estimate of drug-likeness (QED) is 0.922. The van der Waals surface area contributed by atoms with Crippen LogP contribution in [0.15, 0.2) is 48.5 Å². The summed E-state index contributed by atoms with van der Waals surface area (Å²) in [5, 5.41) is 9.47. The molecule has 0 fully saturated rings. The molecule has 0 radical (unpaired) electrons. The zero-order valence-corrected chi connectivity index (χ0v) is 13.2. The maximum atomic E-state index is 12.9. The summed E-state index contributed by atoms with van der Waals surface area (Å²) in [5.41, 5.74) is 3.12. The van der Waals surface area contributed by atoms with Crippen molar-refractivity contribution in [3.8, 4) is 0 Å². The number of carboxylic acids is 1. The van der Waals surface area contributed by atoms with Crippen molar-refractivity contribution in [1.29, 1.82) is 0 Å². The number of hydrogen-bond donors (Lipinski definition) is 1.